The van der Waals surface area contributed by atoms with Crippen molar-refractivity contribution in [2.75, 3.05) is 24.6 Å². The summed E-state index contributed by atoms with van der Waals surface area (Å²) in [7, 11) is 0. The van der Waals surface area contributed by atoms with Crippen molar-refractivity contribution in [3.05, 3.63) is 18.0 Å². The van der Waals surface area contributed by atoms with Crippen LogP contribution in [0.1, 0.15) is 18.5 Å². The molecule has 108 valence electrons. The third kappa shape index (κ3) is 2.54. The molecule has 0 amide bonds. The zero-order valence-electron chi connectivity index (χ0n) is 10.6. The summed E-state index contributed by atoms with van der Waals surface area (Å²) in [5.74, 6) is 0.345. The van der Waals surface area contributed by atoms with Crippen LogP contribution in [0.2, 0.25) is 0 Å². The lowest BCUT2D eigenvalue weighted by Gasteiger charge is -2.17. The molecular weight excluding hydrogens is 273 g/mol. The Morgan fingerprint density at radius 1 is 1.35 bits per heavy atom. The number of anilines is 1. The van der Waals surface area contributed by atoms with Gasteiger partial charge in [0.2, 0.25) is 5.95 Å². The smallest absolute Gasteiger partial charge is 0.395 e. The van der Waals surface area contributed by atoms with Crippen LogP contribution in [-0.4, -0.2) is 35.4 Å². The van der Waals surface area contributed by atoms with Crippen LogP contribution in [0, 0.1) is 5.92 Å². The van der Waals surface area contributed by atoms with Crippen molar-refractivity contribution in [2.24, 2.45) is 11.1 Å². The molecule has 20 heavy (non-hydrogen) atoms. The van der Waals surface area contributed by atoms with E-state index in [1.54, 1.807) is 4.90 Å². The molecule has 0 saturated carbocycles. The average Bonchev–Trinajstić information content (AvgIpc) is 3.09. The van der Waals surface area contributed by atoms with E-state index < -0.39 is 11.9 Å². The molecule has 3 rings (SSSR count). The van der Waals surface area contributed by atoms with Crippen molar-refractivity contribution in [1.82, 2.24) is 9.97 Å². The first-order valence-corrected chi connectivity index (χ1v) is 6.38. The van der Waals surface area contributed by atoms with E-state index in [1.807, 2.05) is 0 Å². The number of nitrogens with zero attached hydrogens (tertiary/aromatic N) is 4. The minimum atomic E-state index is -4.44. The van der Waals surface area contributed by atoms with Gasteiger partial charge in [-0.2, -0.15) is 13.2 Å². The Bertz CT molecular complexity index is 532. The van der Waals surface area contributed by atoms with E-state index in [4.69, 9.17) is 4.84 Å². The summed E-state index contributed by atoms with van der Waals surface area (Å²) in [6.07, 6.45) is -1.67. The molecule has 2 aliphatic rings. The molecule has 5 nitrogen and oxygen atoms in total. The lowest BCUT2D eigenvalue weighted by molar-refractivity contribution is -0.141. The summed E-state index contributed by atoms with van der Waals surface area (Å²) in [6.45, 7) is 1.81. The minimum absolute atomic E-state index is 0.127. The number of oxime groups is 1. The highest BCUT2D eigenvalue weighted by atomic mass is 19.4. The molecule has 8 heteroatoms. The lowest BCUT2D eigenvalue weighted by atomic mass is 10.0. The van der Waals surface area contributed by atoms with Crippen molar-refractivity contribution in [2.45, 2.75) is 19.0 Å². The Morgan fingerprint density at radius 3 is 2.90 bits per heavy atom. The van der Waals surface area contributed by atoms with Crippen LogP contribution >= 0.6 is 0 Å². The third-order valence-electron chi connectivity index (χ3n) is 3.51. The van der Waals surface area contributed by atoms with Gasteiger partial charge in [0.25, 0.3) is 0 Å². The van der Waals surface area contributed by atoms with Gasteiger partial charge in [-0.1, -0.05) is 5.16 Å². The summed E-state index contributed by atoms with van der Waals surface area (Å²) in [5, 5.41) is 3.97. The quantitative estimate of drug-likeness (QED) is 0.835. The van der Waals surface area contributed by atoms with Crippen LogP contribution in [0.3, 0.4) is 0 Å². The summed E-state index contributed by atoms with van der Waals surface area (Å²) < 4.78 is 37.9. The maximum atomic E-state index is 12.6. The van der Waals surface area contributed by atoms with Crippen molar-refractivity contribution in [1.29, 1.82) is 0 Å². The Balaban J connectivity index is 1.74. The zero-order valence-corrected chi connectivity index (χ0v) is 10.6. The van der Waals surface area contributed by atoms with Crippen LogP contribution in [0.25, 0.3) is 0 Å². The maximum absolute atomic E-state index is 12.6. The molecular formula is C12H13F3N4O. The van der Waals surface area contributed by atoms with E-state index >= 15 is 0 Å². The Kier molecular flexibility index (Phi) is 3.23. The van der Waals surface area contributed by atoms with Gasteiger partial charge in [0.1, 0.15) is 12.3 Å². The van der Waals surface area contributed by atoms with Gasteiger partial charge < -0.3 is 9.74 Å². The predicted octanol–water partition coefficient (Wildman–Crippen LogP) is 2.10. The highest BCUT2D eigenvalue weighted by Crippen LogP contribution is 2.30. The topological polar surface area (TPSA) is 50.6 Å². The van der Waals surface area contributed by atoms with Crippen LogP contribution in [0.15, 0.2) is 17.4 Å². The number of hydrogen-bond donors (Lipinski definition) is 0. The average molecular weight is 286 g/mol. The number of aromatic nitrogens is 2. The molecule has 3 heterocycles. The summed E-state index contributed by atoms with van der Waals surface area (Å²) in [6, 6.07) is 0.881. The van der Waals surface area contributed by atoms with E-state index in [9.17, 15) is 13.2 Å². The van der Waals surface area contributed by atoms with Crippen LogP contribution in [-0.2, 0) is 11.0 Å². The van der Waals surface area contributed by atoms with Crippen LogP contribution in [0.4, 0.5) is 19.1 Å². The monoisotopic (exact) mass is 286 g/mol. The van der Waals surface area contributed by atoms with Gasteiger partial charge >= 0.3 is 6.18 Å². The second kappa shape index (κ2) is 4.92. The molecule has 1 aromatic heterocycles. The molecule has 0 N–H and O–H groups in total. The van der Waals surface area contributed by atoms with Gasteiger partial charge in [-0.15, -0.1) is 0 Å². The van der Waals surface area contributed by atoms with E-state index in [0.29, 0.717) is 19.7 Å². The van der Waals surface area contributed by atoms with E-state index in [1.165, 1.54) is 0 Å². The minimum Gasteiger partial charge on any atom is -0.395 e. The van der Waals surface area contributed by atoms with E-state index in [0.717, 1.165) is 30.8 Å². The second-order valence-corrected chi connectivity index (χ2v) is 4.84. The fourth-order valence-corrected chi connectivity index (χ4v) is 2.48. The van der Waals surface area contributed by atoms with Gasteiger partial charge in [-0.05, 0) is 12.5 Å². The van der Waals surface area contributed by atoms with E-state index in [2.05, 4.69) is 15.1 Å². The first-order valence-electron chi connectivity index (χ1n) is 6.38. The molecule has 1 saturated heterocycles. The van der Waals surface area contributed by atoms with Crippen molar-refractivity contribution in [3.8, 4) is 0 Å². The largest absolute Gasteiger partial charge is 0.433 e. The standard InChI is InChI=1S/C12H13F3N4O/c13-12(14,15)10-1-4-16-11(17-10)19-5-2-8(7-19)9-3-6-20-18-9/h1,4,8H,2-3,5-7H2. The molecule has 0 radical (unpaired) electrons. The fourth-order valence-electron chi connectivity index (χ4n) is 2.48. The van der Waals surface area contributed by atoms with E-state index in [-0.39, 0.29) is 11.9 Å². The van der Waals surface area contributed by atoms with Crippen molar-refractivity contribution in [3.63, 3.8) is 0 Å². The second-order valence-electron chi connectivity index (χ2n) is 4.84. The SMILES string of the molecule is FC(F)(F)c1ccnc(N2CCC(C3=NOCC3)C2)n1. The molecule has 0 spiro atoms. The van der Waals surface area contributed by atoms with Crippen molar-refractivity contribution >= 4 is 11.7 Å². The number of halogens is 3. The van der Waals surface area contributed by atoms with Gasteiger partial charge in [0.15, 0.2) is 0 Å². The molecule has 1 atom stereocenters. The normalized spacial score (nSPS) is 22.9. The number of rotatable bonds is 2. The molecule has 0 bridgehead atoms. The third-order valence-corrected chi connectivity index (χ3v) is 3.51. The van der Waals surface area contributed by atoms with Crippen LogP contribution in [0.5, 0.6) is 0 Å². The van der Waals surface area contributed by atoms with Gasteiger partial charge in [-0.3, -0.25) is 0 Å². The number of alkyl halides is 3. The molecule has 0 aliphatic carbocycles. The number of hydrogen-bond acceptors (Lipinski definition) is 5. The van der Waals surface area contributed by atoms with Crippen molar-refractivity contribution < 1.29 is 18.0 Å². The molecule has 1 aromatic rings. The van der Waals surface area contributed by atoms with Crippen LogP contribution < -0.4 is 4.90 Å². The highest BCUT2D eigenvalue weighted by Gasteiger charge is 2.35. The lowest BCUT2D eigenvalue weighted by Crippen LogP contribution is -2.25. The molecule has 1 unspecified atom stereocenters. The summed E-state index contributed by atoms with van der Waals surface area (Å²) >= 11 is 0. The van der Waals surface area contributed by atoms with Gasteiger partial charge in [-0.25, -0.2) is 9.97 Å². The summed E-state index contributed by atoms with van der Waals surface area (Å²) in [5.41, 5.74) is 0.0759. The van der Waals surface area contributed by atoms with Gasteiger partial charge in [0.05, 0.1) is 5.71 Å². The Labute approximate surface area is 113 Å². The molecule has 2 aliphatic heterocycles. The maximum Gasteiger partial charge on any atom is 0.433 e. The summed E-state index contributed by atoms with van der Waals surface area (Å²) in [4.78, 5) is 14.3. The molecule has 1 fully saturated rings. The Morgan fingerprint density at radius 2 is 2.20 bits per heavy atom. The Hall–Kier alpha value is -1.86. The van der Waals surface area contributed by atoms with Gasteiger partial charge in [0, 0.05) is 31.6 Å². The zero-order chi connectivity index (χ0) is 14.2. The first-order chi connectivity index (χ1) is 9.54. The highest BCUT2D eigenvalue weighted by molar-refractivity contribution is 5.88. The molecule has 0 aromatic carbocycles. The fraction of sp³-hybridized carbons (Fsp3) is 0.583. The predicted molar refractivity (Wildman–Crippen MR) is 65.4 cm³/mol. The first kappa shape index (κ1) is 13.1.